The molecule has 9 heteroatoms. The summed E-state index contributed by atoms with van der Waals surface area (Å²) in [6, 6.07) is 18.1. The zero-order valence-electron chi connectivity index (χ0n) is 20.1. The summed E-state index contributed by atoms with van der Waals surface area (Å²) >= 11 is 6.27. The van der Waals surface area contributed by atoms with Crippen LogP contribution in [0.15, 0.2) is 71.6 Å². The molecule has 186 valence electrons. The van der Waals surface area contributed by atoms with Crippen LogP contribution in [0, 0.1) is 13.8 Å². The zero-order valence-corrected chi connectivity index (χ0v) is 21.7. The van der Waals surface area contributed by atoms with Crippen LogP contribution in [0.2, 0.25) is 5.02 Å². The van der Waals surface area contributed by atoms with Crippen molar-refractivity contribution in [3.8, 4) is 11.5 Å². The van der Waals surface area contributed by atoms with Gasteiger partial charge in [0, 0.05) is 5.02 Å². The maximum atomic E-state index is 13.5. The molecule has 35 heavy (non-hydrogen) atoms. The second-order valence-corrected chi connectivity index (χ2v) is 10.5. The highest BCUT2D eigenvalue weighted by atomic mass is 35.5. The summed E-state index contributed by atoms with van der Waals surface area (Å²) in [7, 11) is -2.44. The van der Waals surface area contributed by atoms with Crippen LogP contribution in [0.5, 0.6) is 11.5 Å². The Bertz CT molecular complexity index is 1260. The Morgan fingerprint density at radius 1 is 1.00 bits per heavy atom. The summed E-state index contributed by atoms with van der Waals surface area (Å²) in [5.74, 6) is 0.873. The van der Waals surface area contributed by atoms with Crippen LogP contribution in [0.3, 0.4) is 0 Å². The Morgan fingerprint density at radius 2 is 1.63 bits per heavy atom. The molecule has 0 aliphatic rings. The van der Waals surface area contributed by atoms with Gasteiger partial charge in [-0.3, -0.25) is 9.10 Å². The minimum atomic E-state index is -4.02. The standard InChI is InChI=1S/C26H29ClN2O5S/c1-18-5-13-24(14-6-18)35(31,32)29(21-8-7-19(2)25(27)15-21)16-26(30)28-20(3)17-34-23-11-9-22(33-4)10-12-23/h5-15,20H,16-17H2,1-4H3,(H,28,30). The highest BCUT2D eigenvalue weighted by molar-refractivity contribution is 7.92. The molecule has 0 aliphatic carbocycles. The van der Waals surface area contributed by atoms with E-state index in [0.717, 1.165) is 15.4 Å². The monoisotopic (exact) mass is 516 g/mol. The number of benzene rings is 3. The number of anilines is 1. The third-order valence-corrected chi connectivity index (χ3v) is 7.50. The van der Waals surface area contributed by atoms with Crippen LogP contribution < -0.4 is 19.1 Å². The fourth-order valence-corrected chi connectivity index (χ4v) is 4.86. The Balaban J connectivity index is 1.75. The summed E-state index contributed by atoms with van der Waals surface area (Å²) < 4.78 is 38.9. The maximum Gasteiger partial charge on any atom is 0.264 e. The number of sulfonamides is 1. The van der Waals surface area contributed by atoms with Gasteiger partial charge in [0.1, 0.15) is 24.7 Å². The molecule has 0 saturated heterocycles. The van der Waals surface area contributed by atoms with E-state index in [1.54, 1.807) is 68.6 Å². The lowest BCUT2D eigenvalue weighted by Gasteiger charge is -2.25. The highest BCUT2D eigenvalue weighted by Gasteiger charge is 2.28. The van der Waals surface area contributed by atoms with Gasteiger partial charge < -0.3 is 14.8 Å². The number of hydrogen-bond acceptors (Lipinski definition) is 5. The molecule has 0 spiro atoms. The van der Waals surface area contributed by atoms with E-state index in [1.165, 1.54) is 12.1 Å². The molecule has 0 fully saturated rings. The zero-order chi connectivity index (χ0) is 25.6. The van der Waals surface area contributed by atoms with Gasteiger partial charge in [-0.2, -0.15) is 0 Å². The van der Waals surface area contributed by atoms with Gasteiger partial charge in [-0.05, 0) is 74.9 Å². The van der Waals surface area contributed by atoms with Crippen LogP contribution >= 0.6 is 11.6 Å². The van der Waals surface area contributed by atoms with Crippen LogP contribution in [0.4, 0.5) is 5.69 Å². The first kappa shape index (κ1) is 26.4. The summed E-state index contributed by atoms with van der Waals surface area (Å²) in [5.41, 5.74) is 2.03. The van der Waals surface area contributed by atoms with Gasteiger partial charge in [-0.15, -0.1) is 0 Å². The molecule has 3 aromatic carbocycles. The molecule has 0 radical (unpaired) electrons. The van der Waals surface area contributed by atoms with Gasteiger partial charge in [-0.1, -0.05) is 35.4 Å². The number of nitrogens with one attached hydrogen (secondary N) is 1. The molecule has 3 aromatic rings. The van der Waals surface area contributed by atoms with Crippen molar-refractivity contribution < 1.29 is 22.7 Å². The van der Waals surface area contributed by atoms with E-state index in [9.17, 15) is 13.2 Å². The summed E-state index contributed by atoms with van der Waals surface area (Å²) in [6.45, 7) is 5.27. The third-order valence-electron chi connectivity index (χ3n) is 5.31. The van der Waals surface area contributed by atoms with E-state index in [-0.39, 0.29) is 17.5 Å². The van der Waals surface area contributed by atoms with E-state index in [1.807, 2.05) is 13.8 Å². The number of carbonyl (C=O) groups is 1. The first-order valence-electron chi connectivity index (χ1n) is 11.0. The average molecular weight is 517 g/mol. The number of hydrogen-bond donors (Lipinski definition) is 1. The van der Waals surface area contributed by atoms with E-state index >= 15 is 0 Å². The number of methoxy groups -OCH3 is 1. The minimum Gasteiger partial charge on any atom is -0.497 e. The SMILES string of the molecule is COc1ccc(OCC(C)NC(=O)CN(c2ccc(C)c(Cl)c2)S(=O)(=O)c2ccc(C)cc2)cc1. The fraction of sp³-hybridized carbons (Fsp3) is 0.269. The number of aryl methyl sites for hydroxylation is 2. The smallest absolute Gasteiger partial charge is 0.264 e. The van der Waals surface area contributed by atoms with Crippen LogP contribution in [-0.4, -0.2) is 40.6 Å². The van der Waals surface area contributed by atoms with Crippen molar-refractivity contribution in [2.45, 2.75) is 31.7 Å². The lowest BCUT2D eigenvalue weighted by atomic mass is 10.2. The predicted octanol–water partition coefficient (Wildman–Crippen LogP) is 4.74. The fourth-order valence-electron chi connectivity index (χ4n) is 3.28. The molecule has 1 atom stereocenters. The predicted molar refractivity (Wildman–Crippen MR) is 138 cm³/mol. The molecule has 3 rings (SSSR count). The van der Waals surface area contributed by atoms with Gasteiger partial charge in [0.15, 0.2) is 0 Å². The van der Waals surface area contributed by atoms with Crippen molar-refractivity contribution in [2.75, 3.05) is 24.6 Å². The van der Waals surface area contributed by atoms with Crippen molar-refractivity contribution in [2.24, 2.45) is 0 Å². The molecule has 1 N–H and O–H groups in total. The molecule has 7 nitrogen and oxygen atoms in total. The first-order chi connectivity index (χ1) is 16.6. The van der Waals surface area contributed by atoms with Crippen molar-refractivity contribution >= 4 is 33.2 Å². The normalized spacial score (nSPS) is 12.0. The number of halogens is 1. The number of rotatable bonds is 10. The van der Waals surface area contributed by atoms with Gasteiger partial charge in [0.25, 0.3) is 10.0 Å². The Labute approximate surface area is 211 Å². The van der Waals surface area contributed by atoms with E-state index in [2.05, 4.69) is 5.32 Å². The van der Waals surface area contributed by atoms with Crippen LogP contribution in [-0.2, 0) is 14.8 Å². The Morgan fingerprint density at radius 3 is 2.23 bits per heavy atom. The lowest BCUT2D eigenvalue weighted by molar-refractivity contribution is -0.120. The van der Waals surface area contributed by atoms with Crippen molar-refractivity contribution in [1.82, 2.24) is 5.32 Å². The number of ether oxygens (including phenoxy) is 2. The van der Waals surface area contributed by atoms with Crippen LogP contribution in [0.1, 0.15) is 18.1 Å². The lowest BCUT2D eigenvalue weighted by Crippen LogP contribution is -2.45. The molecular formula is C26H29ClN2O5S. The number of nitrogens with zero attached hydrogens (tertiary/aromatic N) is 1. The van der Waals surface area contributed by atoms with Gasteiger partial charge in [-0.25, -0.2) is 8.42 Å². The topological polar surface area (TPSA) is 84.9 Å². The van der Waals surface area contributed by atoms with Gasteiger partial charge >= 0.3 is 0 Å². The Hall–Kier alpha value is -3.23. The van der Waals surface area contributed by atoms with E-state index in [4.69, 9.17) is 21.1 Å². The minimum absolute atomic E-state index is 0.0866. The second-order valence-electron chi connectivity index (χ2n) is 8.21. The third kappa shape index (κ3) is 6.90. The summed E-state index contributed by atoms with van der Waals surface area (Å²) in [6.07, 6.45) is 0. The van der Waals surface area contributed by atoms with Crippen molar-refractivity contribution in [1.29, 1.82) is 0 Å². The molecule has 1 amide bonds. The van der Waals surface area contributed by atoms with Crippen molar-refractivity contribution in [3.63, 3.8) is 0 Å². The molecule has 0 heterocycles. The van der Waals surface area contributed by atoms with Gasteiger partial charge in [0.05, 0.1) is 23.7 Å². The molecule has 0 saturated carbocycles. The van der Waals surface area contributed by atoms with Crippen LogP contribution in [0.25, 0.3) is 0 Å². The van der Waals surface area contributed by atoms with E-state index in [0.29, 0.717) is 22.2 Å². The molecule has 0 aliphatic heterocycles. The second kappa shape index (κ2) is 11.5. The Kier molecular flexibility index (Phi) is 8.64. The molecule has 1 unspecified atom stereocenters. The number of amides is 1. The van der Waals surface area contributed by atoms with E-state index < -0.39 is 22.5 Å². The molecule has 0 aromatic heterocycles. The number of carbonyl (C=O) groups excluding carboxylic acids is 1. The first-order valence-corrected chi connectivity index (χ1v) is 12.8. The highest BCUT2D eigenvalue weighted by Crippen LogP contribution is 2.28. The summed E-state index contributed by atoms with van der Waals surface area (Å²) in [4.78, 5) is 13.0. The summed E-state index contributed by atoms with van der Waals surface area (Å²) in [5, 5.41) is 3.21. The maximum absolute atomic E-state index is 13.5. The quantitative estimate of drug-likeness (QED) is 0.420. The molecule has 0 bridgehead atoms. The average Bonchev–Trinajstić information content (AvgIpc) is 2.83. The van der Waals surface area contributed by atoms with Gasteiger partial charge in [0.2, 0.25) is 5.91 Å². The van der Waals surface area contributed by atoms with Crippen molar-refractivity contribution in [3.05, 3.63) is 82.9 Å². The largest absolute Gasteiger partial charge is 0.497 e. The molecular weight excluding hydrogens is 488 g/mol.